The molecule has 0 bridgehead atoms. The Kier molecular flexibility index (Phi) is 3.10. The third kappa shape index (κ3) is 1.89. The minimum Gasteiger partial charge on any atom is -0.315 e. The lowest BCUT2D eigenvalue weighted by Gasteiger charge is -2.25. The van der Waals surface area contributed by atoms with Gasteiger partial charge in [0.15, 0.2) is 0 Å². The normalized spacial score (nSPS) is 16.3. The van der Waals surface area contributed by atoms with Gasteiger partial charge in [-0.25, -0.2) is 4.39 Å². The fraction of sp³-hybridized carbons (Fsp3) is 0.250. The van der Waals surface area contributed by atoms with E-state index in [2.05, 4.69) is 15.9 Å². The minimum atomic E-state index is -0.317. The number of rotatable bonds is 1. The van der Waals surface area contributed by atoms with Crippen LogP contribution in [0.1, 0.15) is 18.4 Å². The van der Waals surface area contributed by atoms with Crippen molar-refractivity contribution >= 4 is 27.5 Å². The van der Waals surface area contributed by atoms with Crippen molar-refractivity contribution in [3.8, 4) is 0 Å². The molecule has 2 rings (SSSR count). The highest BCUT2D eigenvalue weighted by Crippen LogP contribution is 2.31. The van der Waals surface area contributed by atoms with Gasteiger partial charge in [-0.3, -0.25) is 4.79 Å². The summed E-state index contributed by atoms with van der Waals surface area (Å²) in [5, 5.41) is 0. The van der Waals surface area contributed by atoms with Gasteiger partial charge in [0, 0.05) is 23.5 Å². The predicted molar refractivity (Wildman–Crippen MR) is 64.1 cm³/mol. The molecule has 0 unspecified atom stereocenters. The standard InChI is InChI=1S/C12H11BrFNO/c1-15-10(6-3-7-11(15)16)12-8(13)4-2-5-9(12)14/h2,4-6H,3,7H2,1H3. The third-order valence-corrected chi connectivity index (χ3v) is 3.31. The van der Waals surface area contributed by atoms with Crippen molar-refractivity contribution in [3.63, 3.8) is 0 Å². The summed E-state index contributed by atoms with van der Waals surface area (Å²) >= 11 is 3.31. The van der Waals surface area contributed by atoms with Crippen LogP contribution in [0.25, 0.3) is 5.70 Å². The van der Waals surface area contributed by atoms with E-state index in [0.717, 1.165) is 0 Å². The first-order valence-electron chi connectivity index (χ1n) is 5.02. The number of hydrogen-bond acceptors (Lipinski definition) is 1. The first-order chi connectivity index (χ1) is 7.61. The molecule has 0 saturated heterocycles. The summed E-state index contributed by atoms with van der Waals surface area (Å²) in [7, 11) is 1.67. The molecule has 84 valence electrons. The number of hydrogen-bond donors (Lipinski definition) is 0. The quantitative estimate of drug-likeness (QED) is 0.775. The average molecular weight is 284 g/mol. The highest BCUT2D eigenvalue weighted by Gasteiger charge is 2.22. The van der Waals surface area contributed by atoms with Gasteiger partial charge in [0.25, 0.3) is 0 Å². The zero-order valence-electron chi connectivity index (χ0n) is 8.84. The van der Waals surface area contributed by atoms with Crippen LogP contribution in [0.3, 0.4) is 0 Å². The molecule has 0 spiro atoms. The Morgan fingerprint density at radius 1 is 1.44 bits per heavy atom. The zero-order valence-corrected chi connectivity index (χ0v) is 10.4. The van der Waals surface area contributed by atoms with Crippen LogP contribution in [-0.2, 0) is 4.79 Å². The van der Waals surface area contributed by atoms with E-state index in [9.17, 15) is 9.18 Å². The summed E-state index contributed by atoms with van der Waals surface area (Å²) < 4.78 is 14.4. The Bertz CT molecular complexity index is 450. The Labute approximate surface area is 102 Å². The number of benzene rings is 1. The van der Waals surface area contributed by atoms with Crippen LogP contribution in [0.2, 0.25) is 0 Å². The lowest BCUT2D eigenvalue weighted by molar-refractivity contribution is -0.127. The monoisotopic (exact) mass is 283 g/mol. The van der Waals surface area contributed by atoms with E-state index in [1.54, 1.807) is 19.2 Å². The summed E-state index contributed by atoms with van der Waals surface area (Å²) in [5.41, 5.74) is 1.10. The summed E-state index contributed by atoms with van der Waals surface area (Å²) in [6.45, 7) is 0. The van der Waals surface area contributed by atoms with E-state index in [1.165, 1.54) is 11.0 Å². The SMILES string of the molecule is CN1C(=O)CCC=C1c1c(F)cccc1Br. The van der Waals surface area contributed by atoms with Crippen LogP contribution < -0.4 is 0 Å². The number of nitrogens with zero attached hydrogens (tertiary/aromatic N) is 1. The topological polar surface area (TPSA) is 20.3 Å². The Morgan fingerprint density at radius 2 is 2.19 bits per heavy atom. The zero-order chi connectivity index (χ0) is 11.7. The van der Waals surface area contributed by atoms with E-state index in [1.807, 2.05) is 6.08 Å². The maximum Gasteiger partial charge on any atom is 0.227 e. The molecule has 1 heterocycles. The van der Waals surface area contributed by atoms with Gasteiger partial charge in [0.1, 0.15) is 5.82 Å². The molecule has 1 aliphatic heterocycles. The van der Waals surface area contributed by atoms with E-state index in [4.69, 9.17) is 0 Å². The van der Waals surface area contributed by atoms with Gasteiger partial charge in [0.2, 0.25) is 5.91 Å². The number of carbonyl (C=O) groups excluding carboxylic acids is 1. The molecule has 0 radical (unpaired) electrons. The first-order valence-corrected chi connectivity index (χ1v) is 5.81. The van der Waals surface area contributed by atoms with E-state index in [-0.39, 0.29) is 11.7 Å². The maximum absolute atomic E-state index is 13.7. The third-order valence-electron chi connectivity index (χ3n) is 2.65. The van der Waals surface area contributed by atoms with E-state index in [0.29, 0.717) is 28.6 Å². The summed E-state index contributed by atoms with van der Waals surface area (Å²) in [5.74, 6) is -0.296. The summed E-state index contributed by atoms with van der Waals surface area (Å²) in [6, 6.07) is 4.80. The van der Waals surface area contributed by atoms with Crippen molar-refractivity contribution in [3.05, 3.63) is 40.1 Å². The van der Waals surface area contributed by atoms with Crippen molar-refractivity contribution in [1.29, 1.82) is 0 Å². The molecule has 0 aromatic heterocycles. The Hall–Kier alpha value is -1.16. The molecule has 0 saturated carbocycles. The van der Waals surface area contributed by atoms with Crippen LogP contribution in [0.4, 0.5) is 4.39 Å². The largest absolute Gasteiger partial charge is 0.315 e. The second kappa shape index (κ2) is 4.37. The number of amides is 1. The molecule has 0 N–H and O–H groups in total. The highest BCUT2D eigenvalue weighted by atomic mass is 79.9. The lowest BCUT2D eigenvalue weighted by Crippen LogP contribution is -2.28. The average Bonchev–Trinajstić information content (AvgIpc) is 2.24. The maximum atomic E-state index is 13.7. The number of carbonyl (C=O) groups is 1. The molecular formula is C12H11BrFNO. The molecule has 16 heavy (non-hydrogen) atoms. The fourth-order valence-corrected chi connectivity index (χ4v) is 2.33. The summed E-state index contributed by atoms with van der Waals surface area (Å²) in [6.07, 6.45) is 3.05. The van der Waals surface area contributed by atoms with Gasteiger partial charge in [-0.1, -0.05) is 12.1 Å². The highest BCUT2D eigenvalue weighted by molar-refractivity contribution is 9.10. The molecule has 1 aromatic rings. The molecule has 0 fully saturated rings. The van der Waals surface area contributed by atoms with Crippen LogP contribution in [0, 0.1) is 5.82 Å². The van der Waals surface area contributed by atoms with Crippen molar-refractivity contribution in [1.82, 2.24) is 4.90 Å². The molecule has 1 aromatic carbocycles. The fourth-order valence-electron chi connectivity index (χ4n) is 1.78. The van der Waals surface area contributed by atoms with Gasteiger partial charge in [-0.2, -0.15) is 0 Å². The van der Waals surface area contributed by atoms with E-state index < -0.39 is 0 Å². The Balaban J connectivity index is 2.52. The minimum absolute atomic E-state index is 0.0210. The van der Waals surface area contributed by atoms with Gasteiger partial charge < -0.3 is 4.90 Å². The molecule has 2 nitrogen and oxygen atoms in total. The van der Waals surface area contributed by atoms with Gasteiger partial charge in [-0.15, -0.1) is 0 Å². The van der Waals surface area contributed by atoms with Crippen LogP contribution >= 0.6 is 15.9 Å². The van der Waals surface area contributed by atoms with Crippen LogP contribution in [0.5, 0.6) is 0 Å². The van der Waals surface area contributed by atoms with Crippen molar-refractivity contribution < 1.29 is 9.18 Å². The van der Waals surface area contributed by atoms with E-state index >= 15 is 0 Å². The molecule has 1 amide bonds. The second-order valence-corrected chi connectivity index (χ2v) is 4.53. The molecule has 1 aliphatic rings. The van der Waals surface area contributed by atoms with Crippen LogP contribution in [0.15, 0.2) is 28.7 Å². The van der Waals surface area contributed by atoms with Gasteiger partial charge in [-0.05, 0) is 34.5 Å². The second-order valence-electron chi connectivity index (χ2n) is 3.68. The first kappa shape index (κ1) is 11.3. The predicted octanol–water partition coefficient (Wildman–Crippen LogP) is 3.18. The van der Waals surface area contributed by atoms with Crippen molar-refractivity contribution in [2.24, 2.45) is 0 Å². The Morgan fingerprint density at radius 3 is 2.88 bits per heavy atom. The van der Waals surface area contributed by atoms with Crippen LogP contribution in [-0.4, -0.2) is 17.9 Å². The number of halogens is 2. The molecule has 4 heteroatoms. The summed E-state index contributed by atoms with van der Waals surface area (Å²) in [4.78, 5) is 13.1. The number of allylic oxidation sites excluding steroid dienone is 1. The molecule has 0 atom stereocenters. The molecule has 0 aliphatic carbocycles. The van der Waals surface area contributed by atoms with Gasteiger partial charge in [0.05, 0.1) is 5.70 Å². The smallest absolute Gasteiger partial charge is 0.227 e. The van der Waals surface area contributed by atoms with Gasteiger partial charge >= 0.3 is 0 Å². The van der Waals surface area contributed by atoms with Crippen molar-refractivity contribution in [2.75, 3.05) is 7.05 Å². The lowest BCUT2D eigenvalue weighted by atomic mass is 10.0. The van der Waals surface area contributed by atoms with Crippen molar-refractivity contribution in [2.45, 2.75) is 12.8 Å². The molecular weight excluding hydrogens is 273 g/mol.